The summed E-state index contributed by atoms with van der Waals surface area (Å²) < 4.78 is 16.7. The van der Waals surface area contributed by atoms with Gasteiger partial charge >= 0.3 is 17.9 Å². The van der Waals surface area contributed by atoms with Crippen LogP contribution in [0.5, 0.6) is 0 Å². The molecule has 0 aliphatic carbocycles. The number of ether oxygens (including phenoxy) is 3. The SMILES string of the molecule is CC/C=C\C/C=C\C/C=C\C/C=C\C/C=C\C/C=C\C/C=C\C/C=C\CCCCCCCCC(=O)OCC(COC(=O)CC/C=C\C/C=C\C/C=C\C/C=C\CC)OC(=O)CC/C=C\C/C=C\C/C=C\C/C=C\C/C=C\C/C=C\CC. The second-order valence-corrected chi connectivity index (χ2v) is 19.5. The van der Waals surface area contributed by atoms with Crippen LogP contribution in [-0.2, 0) is 28.6 Å². The summed E-state index contributed by atoms with van der Waals surface area (Å²) in [4.78, 5) is 38.2. The van der Waals surface area contributed by atoms with Crippen LogP contribution >= 0.6 is 0 Å². The van der Waals surface area contributed by atoms with Crippen LogP contribution in [0.1, 0.15) is 213 Å². The summed E-state index contributed by atoms with van der Waals surface area (Å²) in [5, 5.41) is 0. The standard InChI is InChI=1S/C75H110O6/c1-4-7-10-13-16-19-22-25-27-29-31-32-33-34-35-36-37-38-39-40-41-42-44-45-47-50-53-56-59-62-65-68-74(77)80-71-72(70-79-73(76)67-64-61-58-55-52-49-24-21-18-15-12-9-6-3)81-75(78)69-66-63-60-57-54-51-48-46-43-30-28-26-23-20-17-14-11-8-5-2/h7-12,16-21,25-28,31-32,34-35,37-38,40-41,43-46,49,51-52,54,58,60-61,63,72H,4-6,13-15,22-24,29-30,33,36,39,42,47-48,50,53,55-57,59,62,64-71H2,1-3H3/b10-7-,11-8-,12-9-,19-16-,20-17-,21-18-,27-25-,28-26-,32-31-,35-34-,38-37-,41-40-,45-44-,46-43-,52-49-,54-51-,61-58-,63-60-. The van der Waals surface area contributed by atoms with E-state index in [0.29, 0.717) is 19.3 Å². The van der Waals surface area contributed by atoms with Gasteiger partial charge in [0.05, 0.1) is 0 Å². The van der Waals surface area contributed by atoms with E-state index in [1.807, 2.05) is 24.3 Å². The van der Waals surface area contributed by atoms with Gasteiger partial charge in [-0.25, -0.2) is 0 Å². The van der Waals surface area contributed by atoms with Gasteiger partial charge in [0.1, 0.15) is 13.2 Å². The zero-order chi connectivity index (χ0) is 58.5. The number of esters is 3. The Morgan fingerprint density at radius 2 is 0.469 bits per heavy atom. The normalized spacial score (nSPS) is 13.7. The van der Waals surface area contributed by atoms with Crippen LogP contribution in [0, 0.1) is 0 Å². The van der Waals surface area contributed by atoms with Gasteiger partial charge < -0.3 is 14.2 Å². The van der Waals surface area contributed by atoms with Crippen LogP contribution in [0.25, 0.3) is 0 Å². The average Bonchev–Trinajstić information content (AvgIpc) is 3.46. The number of hydrogen-bond acceptors (Lipinski definition) is 6. The molecule has 1 unspecified atom stereocenters. The molecule has 0 bridgehead atoms. The first kappa shape index (κ1) is 74.7. The number of rotatable bonds is 53. The highest BCUT2D eigenvalue weighted by molar-refractivity contribution is 5.71. The summed E-state index contributed by atoms with van der Waals surface area (Å²) in [6.07, 6.45) is 104. The fraction of sp³-hybridized carbons (Fsp3) is 0.480. The fourth-order valence-electron chi connectivity index (χ4n) is 7.44. The summed E-state index contributed by atoms with van der Waals surface area (Å²) in [5.41, 5.74) is 0. The molecule has 0 saturated heterocycles. The molecule has 0 aromatic heterocycles. The predicted molar refractivity (Wildman–Crippen MR) is 352 cm³/mol. The number of hydrogen-bond donors (Lipinski definition) is 0. The number of unbranched alkanes of at least 4 members (excludes halogenated alkanes) is 6. The van der Waals surface area contributed by atoms with E-state index in [4.69, 9.17) is 14.2 Å². The monoisotopic (exact) mass is 1110 g/mol. The largest absolute Gasteiger partial charge is 0.462 e. The molecule has 0 fully saturated rings. The highest BCUT2D eigenvalue weighted by Crippen LogP contribution is 2.11. The molecule has 0 spiro atoms. The molecule has 6 nitrogen and oxygen atoms in total. The van der Waals surface area contributed by atoms with Gasteiger partial charge in [-0.05, 0) is 148 Å². The third-order valence-electron chi connectivity index (χ3n) is 12.0. The zero-order valence-electron chi connectivity index (χ0n) is 50.9. The summed E-state index contributed by atoms with van der Waals surface area (Å²) >= 11 is 0. The van der Waals surface area contributed by atoms with Gasteiger partial charge in [0.2, 0.25) is 0 Å². The van der Waals surface area contributed by atoms with E-state index in [2.05, 4.69) is 215 Å². The minimum atomic E-state index is -0.869. The lowest BCUT2D eigenvalue weighted by Crippen LogP contribution is -2.30. The molecule has 0 N–H and O–H groups in total. The Bertz CT molecular complexity index is 2050. The molecule has 6 heteroatoms. The first-order chi connectivity index (χ1) is 40.0. The average molecular weight is 1110 g/mol. The maximum atomic E-state index is 12.8. The number of carbonyl (C=O) groups excluding carboxylic acids is 3. The lowest BCUT2D eigenvalue weighted by atomic mass is 10.1. The highest BCUT2D eigenvalue weighted by Gasteiger charge is 2.19. The van der Waals surface area contributed by atoms with Crippen LogP contribution in [0.3, 0.4) is 0 Å². The molecule has 446 valence electrons. The van der Waals surface area contributed by atoms with Crippen molar-refractivity contribution in [1.82, 2.24) is 0 Å². The smallest absolute Gasteiger partial charge is 0.306 e. The number of allylic oxidation sites excluding steroid dienone is 36. The van der Waals surface area contributed by atoms with Crippen LogP contribution < -0.4 is 0 Å². The van der Waals surface area contributed by atoms with E-state index in [0.717, 1.165) is 154 Å². The third kappa shape index (κ3) is 64.4. The molecular weight excluding hydrogens is 997 g/mol. The lowest BCUT2D eigenvalue weighted by Gasteiger charge is -2.18. The van der Waals surface area contributed by atoms with Gasteiger partial charge in [-0.15, -0.1) is 0 Å². The van der Waals surface area contributed by atoms with Gasteiger partial charge in [-0.3, -0.25) is 14.4 Å². The molecule has 0 aromatic carbocycles. The van der Waals surface area contributed by atoms with Crippen LogP contribution in [-0.4, -0.2) is 37.2 Å². The second kappa shape index (κ2) is 66.2. The van der Waals surface area contributed by atoms with Gasteiger partial charge in [0.25, 0.3) is 0 Å². The molecular formula is C75H110O6. The Kier molecular flexibility index (Phi) is 61.1. The van der Waals surface area contributed by atoms with Gasteiger partial charge in [0.15, 0.2) is 6.10 Å². The molecule has 1 atom stereocenters. The minimum absolute atomic E-state index is 0.151. The topological polar surface area (TPSA) is 78.9 Å². The van der Waals surface area contributed by atoms with Gasteiger partial charge in [-0.2, -0.15) is 0 Å². The Morgan fingerprint density at radius 1 is 0.247 bits per heavy atom. The molecule has 0 aromatic rings. The van der Waals surface area contributed by atoms with Crippen molar-refractivity contribution in [3.05, 3.63) is 219 Å². The van der Waals surface area contributed by atoms with Crippen LogP contribution in [0.4, 0.5) is 0 Å². The summed E-state index contributed by atoms with van der Waals surface area (Å²) in [6, 6.07) is 0. The quantitative estimate of drug-likeness (QED) is 0.0261. The number of carbonyl (C=O) groups is 3. The Labute approximate surface area is 495 Å². The Balaban J connectivity index is 4.51. The molecule has 0 rings (SSSR count). The predicted octanol–water partition coefficient (Wildman–Crippen LogP) is 21.8. The van der Waals surface area contributed by atoms with Crippen LogP contribution in [0.2, 0.25) is 0 Å². The fourth-order valence-corrected chi connectivity index (χ4v) is 7.44. The molecule has 81 heavy (non-hydrogen) atoms. The first-order valence-corrected chi connectivity index (χ1v) is 31.2. The van der Waals surface area contributed by atoms with Gasteiger partial charge in [-0.1, -0.05) is 265 Å². The Morgan fingerprint density at radius 3 is 0.765 bits per heavy atom. The lowest BCUT2D eigenvalue weighted by molar-refractivity contribution is -0.166. The van der Waals surface area contributed by atoms with Crippen molar-refractivity contribution in [2.45, 2.75) is 219 Å². The van der Waals surface area contributed by atoms with E-state index < -0.39 is 12.1 Å². The van der Waals surface area contributed by atoms with Crippen molar-refractivity contribution < 1.29 is 28.6 Å². The van der Waals surface area contributed by atoms with Crippen molar-refractivity contribution >= 4 is 17.9 Å². The van der Waals surface area contributed by atoms with E-state index in [1.54, 1.807) is 0 Å². The van der Waals surface area contributed by atoms with E-state index in [9.17, 15) is 14.4 Å². The maximum absolute atomic E-state index is 12.8. The highest BCUT2D eigenvalue weighted by atomic mass is 16.6. The summed E-state index contributed by atoms with van der Waals surface area (Å²) in [5.74, 6) is -1.15. The first-order valence-electron chi connectivity index (χ1n) is 31.2. The molecule has 0 amide bonds. The summed E-state index contributed by atoms with van der Waals surface area (Å²) in [7, 11) is 0. The molecule has 0 radical (unpaired) electrons. The molecule has 0 aliphatic heterocycles. The third-order valence-corrected chi connectivity index (χ3v) is 12.0. The molecule has 0 aliphatic rings. The summed E-state index contributed by atoms with van der Waals surface area (Å²) in [6.45, 7) is 6.12. The van der Waals surface area contributed by atoms with Crippen molar-refractivity contribution in [2.24, 2.45) is 0 Å². The van der Waals surface area contributed by atoms with Gasteiger partial charge in [0, 0.05) is 19.3 Å². The molecule has 0 saturated carbocycles. The van der Waals surface area contributed by atoms with Crippen molar-refractivity contribution in [2.75, 3.05) is 13.2 Å². The maximum Gasteiger partial charge on any atom is 0.306 e. The van der Waals surface area contributed by atoms with E-state index >= 15 is 0 Å². The van der Waals surface area contributed by atoms with Crippen molar-refractivity contribution in [1.29, 1.82) is 0 Å². The molecule has 0 heterocycles. The Hall–Kier alpha value is -6.27. The minimum Gasteiger partial charge on any atom is -0.462 e. The van der Waals surface area contributed by atoms with Crippen LogP contribution in [0.15, 0.2) is 219 Å². The van der Waals surface area contributed by atoms with E-state index in [-0.39, 0.29) is 38.0 Å². The van der Waals surface area contributed by atoms with E-state index in [1.165, 1.54) is 6.42 Å². The van der Waals surface area contributed by atoms with Crippen molar-refractivity contribution in [3.63, 3.8) is 0 Å². The zero-order valence-corrected chi connectivity index (χ0v) is 50.9. The second-order valence-electron chi connectivity index (χ2n) is 19.5. The van der Waals surface area contributed by atoms with Crippen molar-refractivity contribution in [3.8, 4) is 0 Å².